The van der Waals surface area contributed by atoms with Crippen LogP contribution in [0.25, 0.3) is 0 Å². The number of urea groups is 1. The van der Waals surface area contributed by atoms with Gasteiger partial charge in [0.05, 0.1) is 0 Å². The highest BCUT2D eigenvalue weighted by Crippen LogP contribution is 2.19. The molecule has 2 saturated heterocycles. The summed E-state index contributed by atoms with van der Waals surface area (Å²) in [6, 6.07) is -0.542. The first kappa shape index (κ1) is 15.9. The number of carbonyl (C=O) groups is 2. The normalized spacial score (nSPS) is 26.3. The van der Waals surface area contributed by atoms with Crippen LogP contribution in [0.3, 0.4) is 0 Å². The van der Waals surface area contributed by atoms with Crippen molar-refractivity contribution < 1.29 is 22.8 Å². The average molecular weight is 308 g/mol. The molecule has 2 atom stereocenters. The molecule has 2 aliphatic rings. The van der Waals surface area contributed by atoms with Crippen molar-refractivity contribution in [2.24, 2.45) is 0 Å². The molecule has 3 amide bonds. The zero-order valence-corrected chi connectivity index (χ0v) is 11.7. The van der Waals surface area contributed by atoms with E-state index in [1.165, 1.54) is 4.90 Å². The molecule has 120 valence electrons. The highest BCUT2D eigenvalue weighted by Gasteiger charge is 2.41. The van der Waals surface area contributed by atoms with E-state index in [1.54, 1.807) is 4.90 Å². The summed E-state index contributed by atoms with van der Waals surface area (Å²) in [5.74, 6) is -1.95. The molecule has 2 heterocycles. The Labute approximate surface area is 120 Å². The minimum absolute atomic E-state index is 0.126. The number of hydrogen-bond acceptors (Lipinski definition) is 3. The fraction of sp³-hybridized carbons (Fsp3) is 0.833. The van der Waals surface area contributed by atoms with Gasteiger partial charge in [0.1, 0.15) is 0 Å². The topological polar surface area (TPSA) is 64.7 Å². The van der Waals surface area contributed by atoms with E-state index in [2.05, 4.69) is 5.32 Å². The zero-order chi connectivity index (χ0) is 15.6. The van der Waals surface area contributed by atoms with Crippen LogP contribution in [-0.2, 0) is 4.79 Å². The van der Waals surface area contributed by atoms with E-state index in [0.717, 1.165) is 6.42 Å². The van der Waals surface area contributed by atoms with E-state index in [9.17, 15) is 22.8 Å². The first-order valence-corrected chi connectivity index (χ1v) is 6.90. The number of hydrogen-bond donors (Lipinski definition) is 2. The van der Waals surface area contributed by atoms with Crippen molar-refractivity contribution in [2.45, 2.75) is 31.1 Å². The van der Waals surface area contributed by atoms with Crippen molar-refractivity contribution in [1.29, 1.82) is 0 Å². The van der Waals surface area contributed by atoms with Crippen molar-refractivity contribution >= 4 is 11.9 Å². The number of alkyl halides is 3. The van der Waals surface area contributed by atoms with E-state index in [4.69, 9.17) is 0 Å². The second kappa shape index (κ2) is 6.08. The average Bonchev–Trinajstić information content (AvgIpc) is 3.05. The fourth-order valence-corrected chi connectivity index (χ4v) is 2.69. The van der Waals surface area contributed by atoms with Crippen molar-refractivity contribution in [3.63, 3.8) is 0 Å². The van der Waals surface area contributed by atoms with Gasteiger partial charge in [-0.15, -0.1) is 0 Å². The second-order valence-electron chi connectivity index (χ2n) is 5.41. The Morgan fingerprint density at radius 3 is 2.05 bits per heavy atom. The van der Waals surface area contributed by atoms with E-state index in [1.807, 2.05) is 12.4 Å². The van der Waals surface area contributed by atoms with Crippen molar-refractivity contribution in [3.8, 4) is 0 Å². The Morgan fingerprint density at radius 1 is 1.05 bits per heavy atom. The van der Waals surface area contributed by atoms with Crippen LogP contribution in [0, 0.1) is 0 Å². The fourth-order valence-electron chi connectivity index (χ4n) is 2.69. The van der Waals surface area contributed by atoms with Crippen LogP contribution in [0.5, 0.6) is 0 Å². The van der Waals surface area contributed by atoms with Gasteiger partial charge in [-0.2, -0.15) is 13.2 Å². The Balaban J connectivity index is 1.82. The van der Waals surface area contributed by atoms with E-state index >= 15 is 0 Å². The predicted octanol–water partition coefficient (Wildman–Crippen LogP) is 0.153. The molecular formula is C12H19F3N4O2. The van der Waals surface area contributed by atoms with Gasteiger partial charge in [-0.05, 0) is 19.9 Å². The van der Waals surface area contributed by atoms with Gasteiger partial charge >= 0.3 is 18.1 Å². The maximum absolute atomic E-state index is 12.2. The van der Waals surface area contributed by atoms with Crippen molar-refractivity contribution in [3.05, 3.63) is 0 Å². The summed E-state index contributed by atoms with van der Waals surface area (Å²) in [4.78, 5) is 26.3. The quantitative estimate of drug-likeness (QED) is 0.763. The van der Waals surface area contributed by atoms with E-state index in [-0.39, 0.29) is 18.6 Å². The first-order valence-electron chi connectivity index (χ1n) is 6.90. The van der Waals surface area contributed by atoms with E-state index < -0.39 is 18.1 Å². The summed E-state index contributed by atoms with van der Waals surface area (Å²) < 4.78 is 36.5. The lowest BCUT2D eigenvalue weighted by molar-refractivity contribution is -0.174. The number of rotatable bonds is 2. The highest BCUT2D eigenvalue weighted by molar-refractivity contribution is 5.82. The molecule has 0 unspecified atom stereocenters. The summed E-state index contributed by atoms with van der Waals surface area (Å²) in [5.41, 5.74) is 0. The number of carbonyl (C=O) groups excluding carboxylic acids is 2. The van der Waals surface area contributed by atoms with Gasteiger partial charge in [0.25, 0.3) is 0 Å². The van der Waals surface area contributed by atoms with Crippen LogP contribution in [0.15, 0.2) is 0 Å². The van der Waals surface area contributed by atoms with Crippen LogP contribution >= 0.6 is 0 Å². The molecule has 0 aliphatic carbocycles. The molecule has 0 aromatic rings. The molecule has 9 heteroatoms. The third-order valence-electron chi connectivity index (χ3n) is 3.92. The summed E-state index contributed by atoms with van der Waals surface area (Å²) in [7, 11) is 1.83. The lowest BCUT2D eigenvalue weighted by Crippen LogP contribution is -2.46. The van der Waals surface area contributed by atoms with Gasteiger partial charge in [-0.1, -0.05) is 0 Å². The van der Waals surface area contributed by atoms with Crippen LogP contribution in [0.4, 0.5) is 18.0 Å². The lowest BCUT2D eigenvalue weighted by atomic mass is 10.2. The Morgan fingerprint density at radius 2 is 1.57 bits per heavy atom. The minimum atomic E-state index is -4.88. The Hall–Kier alpha value is -1.51. The largest absolute Gasteiger partial charge is 0.471 e. The molecule has 2 fully saturated rings. The van der Waals surface area contributed by atoms with Gasteiger partial charge in [-0.3, -0.25) is 4.79 Å². The van der Waals surface area contributed by atoms with E-state index in [0.29, 0.717) is 26.1 Å². The van der Waals surface area contributed by atoms with Gasteiger partial charge in [0, 0.05) is 38.3 Å². The molecule has 0 saturated carbocycles. The van der Waals surface area contributed by atoms with Crippen LogP contribution in [0.1, 0.15) is 12.8 Å². The monoisotopic (exact) mass is 308 g/mol. The SMILES string of the molecule is CN[C@H]1CCN(C(=O)N2CC[C@@H](NC(=O)C(F)(F)F)C2)C1. The molecule has 0 radical (unpaired) electrons. The maximum Gasteiger partial charge on any atom is 0.471 e. The summed E-state index contributed by atoms with van der Waals surface area (Å²) >= 11 is 0. The van der Waals surface area contributed by atoms with Gasteiger partial charge < -0.3 is 20.4 Å². The Bertz CT molecular complexity index is 416. The number of halogens is 3. The third kappa shape index (κ3) is 3.78. The van der Waals surface area contributed by atoms with Gasteiger partial charge in [-0.25, -0.2) is 4.79 Å². The smallest absolute Gasteiger partial charge is 0.344 e. The van der Waals surface area contributed by atoms with Crippen LogP contribution in [0.2, 0.25) is 0 Å². The summed E-state index contributed by atoms with van der Waals surface area (Å²) in [6.07, 6.45) is -3.67. The van der Waals surface area contributed by atoms with Gasteiger partial charge in [0.2, 0.25) is 0 Å². The molecular weight excluding hydrogens is 289 g/mol. The van der Waals surface area contributed by atoms with Crippen LogP contribution < -0.4 is 10.6 Å². The van der Waals surface area contributed by atoms with Crippen molar-refractivity contribution in [1.82, 2.24) is 20.4 Å². The third-order valence-corrected chi connectivity index (χ3v) is 3.92. The summed E-state index contributed by atoms with van der Waals surface area (Å²) in [5, 5.41) is 5.02. The zero-order valence-electron chi connectivity index (χ0n) is 11.7. The standard InChI is InChI=1S/C12H19F3N4O2/c1-16-8-2-4-18(6-8)11(21)19-5-3-9(7-19)17-10(20)12(13,14)15/h8-9,16H,2-7H2,1H3,(H,17,20)/t8-,9+/m0/s1. The molecule has 2 aliphatic heterocycles. The predicted molar refractivity (Wildman–Crippen MR) is 68.6 cm³/mol. The lowest BCUT2D eigenvalue weighted by Gasteiger charge is -2.24. The van der Waals surface area contributed by atoms with Crippen LogP contribution in [-0.4, -0.2) is 73.2 Å². The maximum atomic E-state index is 12.2. The highest BCUT2D eigenvalue weighted by atomic mass is 19.4. The van der Waals surface area contributed by atoms with Gasteiger partial charge in [0.15, 0.2) is 0 Å². The number of likely N-dealkylation sites (tertiary alicyclic amines) is 2. The Kier molecular flexibility index (Phi) is 4.60. The molecule has 6 nitrogen and oxygen atoms in total. The minimum Gasteiger partial charge on any atom is -0.344 e. The molecule has 2 rings (SSSR count). The molecule has 21 heavy (non-hydrogen) atoms. The molecule has 2 N–H and O–H groups in total. The molecule has 0 bridgehead atoms. The number of amides is 3. The van der Waals surface area contributed by atoms with Crippen molar-refractivity contribution in [2.75, 3.05) is 33.2 Å². The second-order valence-corrected chi connectivity index (χ2v) is 5.41. The molecule has 0 spiro atoms. The molecule has 0 aromatic carbocycles. The number of nitrogens with zero attached hydrogens (tertiary/aromatic N) is 2. The molecule has 0 aromatic heterocycles. The number of nitrogens with one attached hydrogen (secondary N) is 2. The number of likely N-dealkylation sites (N-methyl/N-ethyl adjacent to an activating group) is 1. The summed E-state index contributed by atoms with van der Waals surface area (Å²) in [6.45, 7) is 1.73. The first-order chi connectivity index (χ1) is 9.81.